The van der Waals surface area contributed by atoms with Gasteiger partial charge in [0.1, 0.15) is 0 Å². The summed E-state index contributed by atoms with van der Waals surface area (Å²) in [6.07, 6.45) is 0.648. The van der Waals surface area contributed by atoms with E-state index in [1.807, 2.05) is 6.92 Å². The molecule has 2 rings (SSSR count). The number of hydrogen-bond donors (Lipinski definition) is 0. The van der Waals surface area contributed by atoms with E-state index in [0.29, 0.717) is 6.42 Å². The number of rotatable bonds is 1. The number of anilines is 1. The monoisotopic (exact) mass is 273 g/mol. The largest absolute Gasteiger partial charge is 0.309 e. The number of hydrogen-bond acceptors (Lipinski definition) is 3. The van der Waals surface area contributed by atoms with Crippen LogP contribution in [0.1, 0.15) is 19.4 Å². The molecule has 17 heavy (non-hydrogen) atoms. The third-order valence-electron chi connectivity index (χ3n) is 2.89. The van der Waals surface area contributed by atoms with Crippen molar-refractivity contribution in [3.05, 3.63) is 23.8 Å². The van der Waals surface area contributed by atoms with Crippen molar-refractivity contribution in [2.45, 2.75) is 31.2 Å². The number of benzene rings is 1. The van der Waals surface area contributed by atoms with Gasteiger partial charge in [-0.1, -0.05) is 0 Å². The quantitative estimate of drug-likeness (QED) is 0.735. The lowest BCUT2D eigenvalue weighted by Gasteiger charge is -2.20. The fourth-order valence-corrected chi connectivity index (χ4v) is 3.04. The van der Waals surface area contributed by atoms with Gasteiger partial charge in [0, 0.05) is 29.3 Å². The summed E-state index contributed by atoms with van der Waals surface area (Å²) in [7, 11) is 1.58. The minimum Gasteiger partial charge on any atom is -0.309 e. The lowest BCUT2D eigenvalue weighted by Crippen LogP contribution is -2.33. The molecule has 6 heteroatoms. The van der Waals surface area contributed by atoms with E-state index in [1.165, 1.54) is 19.1 Å². The molecule has 1 unspecified atom stereocenters. The first-order valence-electron chi connectivity index (χ1n) is 5.18. The highest BCUT2D eigenvalue weighted by Crippen LogP contribution is 2.34. The molecule has 1 heterocycles. The number of amides is 1. The lowest BCUT2D eigenvalue weighted by atomic mass is 10.1. The summed E-state index contributed by atoms with van der Waals surface area (Å²) >= 11 is 0. The predicted molar refractivity (Wildman–Crippen MR) is 65.8 cm³/mol. The van der Waals surface area contributed by atoms with Crippen molar-refractivity contribution in [3.63, 3.8) is 0 Å². The van der Waals surface area contributed by atoms with Crippen LogP contribution >= 0.6 is 10.7 Å². The van der Waals surface area contributed by atoms with Gasteiger partial charge in [0.15, 0.2) is 0 Å². The van der Waals surface area contributed by atoms with Crippen molar-refractivity contribution in [2.24, 2.45) is 0 Å². The second-order valence-corrected chi connectivity index (χ2v) is 6.74. The molecule has 1 amide bonds. The lowest BCUT2D eigenvalue weighted by molar-refractivity contribution is -0.116. The maximum Gasteiger partial charge on any atom is 0.261 e. The molecular weight excluding hydrogens is 262 g/mol. The number of carbonyl (C=O) groups is 1. The van der Waals surface area contributed by atoms with Crippen molar-refractivity contribution in [1.82, 2.24) is 0 Å². The topological polar surface area (TPSA) is 54.5 Å². The average molecular weight is 274 g/mol. The maximum atomic E-state index is 11.5. The van der Waals surface area contributed by atoms with E-state index >= 15 is 0 Å². The Morgan fingerprint density at radius 3 is 2.65 bits per heavy atom. The number of nitrogens with zero attached hydrogens (tertiary/aromatic N) is 1. The van der Waals surface area contributed by atoms with Crippen LogP contribution in [-0.4, -0.2) is 20.4 Å². The summed E-state index contributed by atoms with van der Waals surface area (Å²) in [5.74, 6) is -0.0438. The van der Waals surface area contributed by atoms with Crippen LogP contribution in [0.2, 0.25) is 0 Å². The second kappa shape index (κ2) is 3.99. The number of carbonyl (C=O) groups excluding carboxylic acids is 1. The van der Waals surface area contributed by atoms with Gasteiger partial charge in [-0.05, 0) is 37.1 Å². The van der Waals surface area contributed by atoms with Crippen LogP contribution in [0.4, 0.5) is 5.69 Å². The SMILES string of the molecule is CC(=O)N1c2ccc(S(=O)(=O)Cl)cc2CC1C. The van der Waals surface area contributed by atoms with E-state index in [-0.39, 0.29) is 16.8 Å². The molecule has 92 valence electrons. The Bertz CT molecular complexity index is 582. The Morgan fingerprint density at radius 2 is 2.12 bits per heavy atom. The standard InChI is InChI=1S/C11H12ClNO3S/c1-7-5-9-6-10(17(12,15)16)3-4-11(9)13(7)8(2)14/h3-4,6-7H,5H2,1-2H3. The Labute approximate surface area is 105 Å². The first-order valence-corrected chi connectivity index (χ1v) is 7.49. The van der Waals surface area contributed by atoms with Gasteiger partial charge < -0.3 is 4.90 Å². The minimum atomic E-state index is -3.71. The van der Waals surface area contributed by atoms with Gasteiger partial charge in [-0.2, -0.15) is 0 Å². The third-order valence-corrected chi connectivity index (χ3v) is 4.24. The Hall–Kier alpha value is -1.07. The summed E-state index contributed by atoms with van der Waals surface area (Å²) in [5, 5.41) is 0. The molecule has 0 spiro atoms. The Morgan fingerprint density at radius 1 is 1.47 bits per heavy atom. The number of fused-ring (bicyclic) bond motifs is 1. The molecule has 1 aromatic carbocycles. The molecule has 0 aromatic heterocycles. The predicted octanol–water partition coefficient (Wildman–Crippen LogP) is 1.91. The highest BCUT2D eigenvalue weighted by Gasteiger charge is 2.29. The van der Waals surface area contributed by atoms with Crippen LogP contribution < -0.4 is 4.90 Å². The normalized spacial score (nSPS) is 19.2. The highest BCUT2D eigenvalue weighted by molar-refractivity contribution is 8.13. The summed E-state index contributed by atoms with van der Waals surface area (Å²) in [5.41, 5.74) is 1.61. The van der Waals surface area contributed by atoms with Gasteiger partial charge in [0.25, 0.3) is 9.05 Å². The molecule has 0 bridgehead atoms. The molecule has 1 aliphatic rings. The van der Waals surface area contributed by atoms with E-state index in [0.717, 1.165) is 11.3 Å². The molecule has 0 saturated carbocycles. The van der Waals surface area contributed by atoms with Crippen LogP contribution in [0.15, 0.2) is 23.1 Å². The Kier molecular flexibility index (Phi) is 2.91. The fourth-order valence-electron chi connectivity index (χ4n) is 2.24. The number of halogens is 1. The van der Waals surface area contributed by atoms with Gasteiger partial charge in [-0.15, -0.1) is 0 Å². The van der Waals surface area contributed by atoms with Crippen molar-refractivity contribution in [3.8, 4) is 0 Å². The molecule has 0 fully saturated rings. The smallest absolute Gasteiger partial charge is 0.261 e. The zero-order valence-electron chi connectivity index (χ0n) is 9.47. The second-order valence-electron chi connectivity index (χ2n) is 4.17. The summed E-state index contributed by atoms with van der Waals surface area (Å²) < 4.78 is 22.4. The molecule has 0 radical (unpaired) electrons. The van der Waals surface area contributed by atoms with Crippen molar-refractivity contribution in [2.75, 3.05) is 4.90 Å². The first-order chi connectivity index (χ1) is 7.80. The van der Waals surface area contributed by atoms with Crippen molar-refractivity contribution < 1.29 is 13.2 Å². The third kappa shape index (κ3) is 2.17. The zero-order chi connectivity index (χ0) is 12.8. The molecule has 1 aromatic rings. The highest BCUT2D eigenvalue weighted by atomic mass is 35.7. The van der Waals surface area contributed by atoms with Crippen LogP contribution in [-0.2, 0) is 20.3 Å². The minimum absolute atomic E-state index is 0.0438. The maximum absolute atomic E-state index is 11.5. The van der Waals surface area contributed by atoms with Crippen LogP contribution in [0.25, 0.3) is 0 Å². The van der Waals surface area contributed by atoms with Gasteiger partial charge in [0.2, 0.25) is 5.91 Å². The van der Waals surface area contributed by atoms with Crippen LogP contribution in [0.3, 0.4) is 0 Å². The molecule has 0 saturated heterocycles. The van der Waals surface area contributed by atoms with E-state index in [1.54, 1.807) is 11.0 Å². The van der Waals surface area contributed by atoms with E-state index in [2.05, 4.69) is 0 Å². The molecule has 0 aliphatic carbocycles. The fraction of sp³-hybridized carbons (Fsp3) is 0.364. The van der Waals surface area contributed by atoms with Crippen molar-refractivity contribution >= 4 is 31.3 Å². The van der Waals surface area contributed by atoms with E-state index < -0.39 is 9.05 Å². The molecule has 1 aliphatic heterocycles. The van der Waals surface area contributed by atoms with Gasteiger partial charge in [-0.25, -0.2) is 8.42 Å². The zero-order valence-corrected chi connectivity index (χ0v) is 11.0. The summed E-state index contributed by atoms with van der Waals surface area (Å²) in [6.45, 7) is 3.42. The van der Waals surface area contributed by atoms with Crippen molar-refractivity contribution in [1.29, 1.82) is 0 Å². The molecule has 0 N–H and O–H groups in total. The molecule has 1 atom stereocenters. The molecule has 4 nitrogen and oxygen atoms in total. The van der Waals surface area contributed by atoms with Gasteiger partial charge in [-0.3, -0.25) is 4.79 Å². The van der Waals surface area contributed by atoms with E-state index in [4.69, 9.17) is 10.7 Å². The van der Waals surface area contributed by atoms with Crippen LogP contribution in [0.5, 0.6) is 0 Å². The first kappa shape index (κ1) is 12.4. The molecular formula is C11H12ClNO3S. The van der Waals surface area contributed by atoms with Gasteiger partial charge >= 0.3 is 0 Å². The van der Waals surface area contributed by atoms with Crippen LogP contribution in [0, 0.1) is 0 Å². The average Bonchev–Trinajstić information content (AvgIpc) is 2.50. The Balaban J connectivity index is 2.52. The summed E-state index contributed by atoms with van der Waals surface area (Å²) in [6, 6.07) is 4.65. The van der Waals surface area contributed by atoms with E-state index in [9.17, 15) is 13.2 Å². The summed E-state index contributed by atoms with van der Waals surface area (Å²) in [4.78, 5) is 13.2. The van der Waals surface area contributed by atoms with Gasteiger partial charge in [0.05, 0.1) is 4.90 Å².